The predicted molar refractivity (Wildman–Crippen MR) is 61.8 cm³/mol. The van der Waals surface area contributed by atoms with Crippen LogP contribution in [0.4, 0.5) is 4.79 Å². The number of ether oxygens (including phenoxy) is 1. The molecule has 6 nitrogen and oxygen atoms in total. The summed E-state index contributed by atoms with van der Waals surface area (Å²) in [6, 6.07) is -0.231. The summed E-state index contributed by atoms with van der Waals surface area (Å²) in [7, 11) is 1.59. The van der Waals surface area contributed by atoms with Crippen molar-refractivity contribution in [2.24, 2.45) is 5.92 Å². The van der Waals surface area contributed by atoms with E-state index < -0.39 is 5.97 Å². The van der Waals surface area contributed by atoms with Crippen LogP contribution in [0.3, 0.4) is 0 Å². The number of nitrogens with zero attached hydrogens (tertiary/aromatic N) is 1. The Morgan fingerprint density at radius 2 is 2.24 bits per heavy atom. The highest BCUT2D eigenvalue weighted by Crippen LogP contribution is 2.19. The van der Waals surface area contributed by atoms with Crippen LogP contribution in [0.1, 0.15) is 19.8 Å². The van der Waals surface area contributed by atoms with Gasteiger partial charge in [0, 0.05) is 32.7 Å². The molecule has 6 heteroatoms. The Bertz CT molecular complexity index is 283. The summed E-state index contributed by atoms with van der Waals surface area (Å²) in [6.07, 6.45) is 1.10. The van der Waals surface area contributed by atoms with Crippen molar-refractivity contribution in [1.82, 2.24) is 10.2 Å². The smallest absolute Gasteiger partial charge is 0.317 e. The van der Waals surface area contributed by atoms with Gasteiger partial charge in [0.05, 0.1) is 12.5 Å². The minimum Gasteiger partial charge on any atom is -0.481 e. The van der Waals surface area contributed by atoms with E-state index in [0.29, 0.717) is 12.5 Å². The van der Waals surface area contributed by atoms with Gasteiger partial charge < -0.3 is 20.1 Å². The number of carbonyl (C=O) groups excluding carboxylic acids is 1. The molecule has 1 saturated heterocycles. The first kappa shape index (κ1) is 13.8. The number of nitrogens with one attached hydrogen (secondary N) is 1. The first-order chi connectivity index (χ1) is 8.00. The number of carboxylic acid groups (broad SMARTS) is 1. The lowest BCUT2D eigenvalue weighted by Gasteiger charge is -2.20. The van der Waals surface area contributed by atoms with Gasteiger partial charge in [0.2, 0.25) is 0 Å². The van der Waals surface area contributed by atoms with Gasteiger partial charge in [0.25, 0.3) is 0 Å². The average Bonchev–Trinajstić information content (AvgIpc) is 2.68. The van der Waals surface area contributed by atoms with E-state index in [1.807, 2.05) is 6.92 Å². The number of urea groups is 1. The lowest BCUT2D eigenvalue weighted by Crippen LogP contribution is -2.41. The fourth-order valence-electron chi connectivity index (χ4n) is 1.76. The Morgan fingerprint density at radius 3 is 2.76 bits per heavy atom. The molecule has 2 unspecified atom stereocenters. The number of carboxylic acids is 1. The first-order valence-corrected chi connectivity index (χ1v) is 5.83. The predicted octanol–water partition coefficient (Wildman–Crippen LogP) is 0.527. The van der Waals surface area contributed by atoms with Crippen molar-refractivity contribution in [3.63, 3.8) is 0 Å². The molecule has 0 saturated carbocycles. The van der Waals surface area contributed by atoms with E-state index in [4.69, 9.17) is 9.84 Å². The molecular weight excluding hydrogens is 224 g/mol. The minimum absolute atomic E-state index is 0.0349. The van der Waals surface area contributed by atoms with Crippen LogP contribution >= 0.6 is 0 Å². The summed E-state index contributed by atoms with van der Waals surface area (Å²) in [5, 5.41) is 11.3. The van der Waals surface area contributed by atoms with Gasteiger partial charge in [-0.1, -0.05) is 0 Å². The summed E-state index contributed by atoms with van der Waals surface area (Å²) in [6.45, 7) is 3.55. The average molecular weight is 244 g/mol. The lowest BCUT2D eigenvalue weighted by molar-refractivity contribution is -0.137. The van der Waals surface area contributed by atoms with Gasteiger partial charge in [0.15, 0.2) is 0 Å². The molecule has 0 radical (unpaired) electrons. The summed E-state index contributed by atoms with van der Waals surface area (Å²) < 4.78 is 5.39. The van der Waals surface area contributed by atoms with Crippen LogP contribution in [0, 0.1) is 5.92 Å². The molecule has 0 aliphatic carbocycles. The second kappa shape index (κ2) is 6.44. The number of carbonyl (C=O) groups is 2. The number of amides is 2. The van der Waals surface area contributed by atoms with Gasteiger partial charge in [-0.05, 0) is 13.3 Å². The van der Waals surface area contributed by atoms with Crippen molar-refractivity contribution < 1.29 is 19.4 Å². The zero-order chi connectivity index (χ0) is 12.8. The third kappa shape index (κ3) is 4.60. The molecule has 1 aliphatic rings. The summed E-state index contributed by atoms with van der Waals surface area (Å²) in [5.41, 5.74) is 0. The maximum absolute atomic E-state index is 11.6. The molecule has 0 aromatic heterocycles. The molecule has 0 aromatic carbocycles. The van der Waals surface area contributed by atoms with Crippen LogP contribution in [-0.2, 0) is 9.53 Å². The molecule has 1 fully saturated rings. The van der Waals surface area contributed by atoms with Crippen molar-refractivity contribution >= 4 is 12.0 Å². The van der Waals surface area contributed by atoms with Crippen molar-refractivity contribution in [3.05, 3.63) is 0 Å². The standard InChI is InChI=1S/C11H20N2O4/c1-8-9(4-6-17-8)7-12-11(16)13(2)5-3-10(14)15/h8-9H,3-7H2,1-2H3,(H,12,16)(H,14,15). The zero-order valence-electron chi connectivity index (χ0n) is 10.3. The molecular formula is C11H20N2O4. The van der Waals surface area contributed by atoms with Crippen LogP contribution in [0.2, 0.25) is 0 Å². The van der Waals surface area contributed by atoms with Gasteiger partial charge in [-0.2, -0.15) is 0 Å². The Morgan fingerprint density at radius 1 is 1.53 bits per heavy atom. The molecule has 2 atom stereocenters. The van der Waals surface area contributed by atoms with Crippen LogP contribution in [0.25, 0.3) is 0 Å². The topological polar surface area (TPSA) is 78.9 Å². The first-order valence-electron chi connectivity index (χ1n) is 5.83. The summed E-state index contributed by atoms with van der Waals surface area (Å²) >= 11 is 0. The van der Waals surface area contributed by atoms with Crippen molar-refractivity contribution in [3.8, 4) is 0 Å². The minimum atomic E-state index is -0.900. The molecule has 1 heterocycles. The van der Waals surface area contributed by atoms with Crippen LogP contribution in [0.15, 0.2) is 0 Å². The van der Waals surface area contributed by atoms with Gasteiger partial charge in [-0.3, -0.25) is 4.79 Å². The van der Waals surface area contributed by atoms with E-state index in [2.05, 4.69) is 5.32 Å². The summed E-state index contributed by atoms with van der Waals surface area (Å²) in [5.74, 6) is -0.547. The largest absolute Gasteiger partial charge is 0.481 e. The molecule has 98 valence electrons. The van der Waals surface area contributed by atoms with Crippen LogP contribution in [-0.4, -0.2) is 54.9 Å². The molecule has 17 heavy (non-hydrogen) atoms. The fourth-order valence-corrected chi connectivity index (χ4v) is 1.76. The van der Waals surface area contributed by atoms with Crippen molar-refractivity contribution in [2.75, 3.05) is 26.7 Å². The van der Waals surface area contributed by atoms with E-state index in [0.717, 1.165) is 13.0 Å². The van der Waals surface area contributed by atoms with Gasteiger partial charge >= 0.3 is 12.0 Å². The second-order valence-corrected chi connectivity index (χ2v) is 4.38. The molecule has 2 amide bonds. The molecule has 1 aliphatic heterocycles. The SMILES string of the molecule is CC1OCCC1CNC(=O)N(C)CCC(=O)O. The van der Waals surface area contributed by atoms with Gasteiger partial charge in [-0.25, -0.2) is 4.79 Å². The zero-order valence-corrected chi connectivity index (χ0v) is 10.3. The molecule has 0 aromatic rings. The molecule has 1 rings (SSSR count). The van der Waals surface area contributed by atoms with E-state index in [9.17, 15) is 9.59 Å². The summed E-state index contributed by atoms with van der Waals surface area (Å²) in [4.78, 5) is 23.3. The number of rotatable bonds is 5. The van der Waals surface area contributed by atoms with E-state index in [-0.39, 0.29) is 25.1 Å². The number of hydrogen-bond acceptors (Lipinski definition) is 3. The quantitative estimate of drug-likeness (QED) is 0.739. The lowest BCUT2D eigenvalue weighted by atomic mass is 10.0. The Hall–Kier alpha value is -1.30. The maximum atomic E-state index is 11.6. The second-order valence-electron chi connectivity index (χ2n) is 4.38. The third-order valence-electron chi connectivity index (χ3n) is 3.06. The highest BCUT2D eigenvalue weighted by Gasteiger charge is 2.24. The highest BCUT2D eigenvalue weighted by atomic mass is 16.5. The maximum Gasteiger partial charge on any atom is 0.317 e. The van der Waals surface area contributed by atoms with E-state index in [1.165, 1.54) is 4.90 Å². The van der Waals surface area contributed by atoms with Crippen LogP contribution < -0.4 is 5.32 Å². The fraction of sp³-hybridized carbons (Fsp3) is 0.818. The third-order valence-corrected chi connectivity index (χ3v) is 3.06. The van der Waals surface area contributed by atoms with Gasteiger partial charge in [0.1, 0.15) is 0 Å². The monoisotopic (exact) mass is 244 g/mol. The van der Waals surface area contributed by atoms with Gasteiger partial charge in [-0.15, -0.1) is 0 Å². The molecule has 2 N–H and O–H groups in total. The number of hydrogen-bond donors (Lipinski definition) is 2. The van der Waals surface area contributed by atoms with Crippen LogP contribution in [0.5, 0.6) is 0 Å². The van der Waals surface area contributed by atoms with E-state index in [1.54, 1.807) is 7.05 Å². The Labute approximate surface area is 101 Å². The Kier molecular flexibility index (Phi) is 5.21. The van der Waals surface area contributed by atoms with Crippen molar-refractivity contribution in [1.29, 1.82) is 0 Å². The van der Waals surface area contributed by atoms with Crippen molar-refractivity contribution in [2.45, 2.75) is 25.9 Å². The van der Waals surface area contributed by atoms with E-state index >= 15 is 0 Å². The molecule has 0 bridgehead atoms. The Balaban J connectivity index is 2.21. The normalized spacial score (nSPS) is 23.4. The number of aliphatic carboxylic acids is 1. The molecule has 0 spiro atoms. The highest BCUT2D eigenvalue weighted by molar-refractivity contribution is 5.74.